The van der Waals surface area contributed by atoms with Gasteiger partial charge in [0.2, 0.25) is 0 Å². The zero-order chi connectivity index (χ0) is 9.26. The molecule has 1 aromatic carbocycles. The topological polar surface area (TPSA) is 12.9 Å². The molecule has 1 heterocycles. The molecule has 0 fully saturated rings. The standard InChI is InChI=1S/C11H10NS/c1-8-9(2)13-11(12-8)10-6-4-3-5-7-10/h4-7H,1-2H3. The minimum absolute atomic E-state index is 1.10. The van der Waals surface area contributed by atoms with Gasteiger partial charge in [0.15, 0.2) is 0 Å². The molecule has 2 rings (SSSR count). The van der Waals surface area contributed by atoms with E-state index in [1.807, 2.05) is 31.2 Å². The molecule has 13 heavy (non-hydrogen) atoms. The van der Waals surface area contributed by atoms with Crippen molar-refractivity contribution in [1.82, 2.24) is 4.98 Å². The highest BCUT2D eigenvalue weighted by molar-refractivity contribution is 7.15. The second-order valence-electron chi connectivity index (χ2n) is 2.95. The van der Waals surface area contributed by atoms with Crippen molar-refractivity contribution in [2.24, 2.45) is 0 Å². The molecule has 0 N–H and O–H groups in total. The van der Waals surface area contributed by atoms with E-state index in [0.29, 0.717) is 0 Å². The quantitative estimate of drug-likeness (QED) is 0.669. The molecule has 2 heteroatoms. The number of hydrogen-bond donors (Lipinski definition) is 0. The summed E-state index contributed by atoms with van der Waals surface area (Å²) >= 11 is 1.74. The van der Waals surface area contributed by atoms with E-state index in [2.05, 4.69) is 18.0 Å². The molecule has 0 saturated carbocycles. The van der Waals surface area contributed by atoms with Crippen LogP contribution in [0.4, 0.5) is 0 Å². The summed E-state index contributed by atoms with van der Waals surface area (Å²) in [5.41, 5.74) is 2.31. The number of rotatable bonds is 1. The number of nitrogens with zero attached hydrogens (tertiary/aromatic N) is 1. The first kappa shape index (κ1) is 8.45. The summed E-state index contributed by atoms with van der Waals surface area (Å²) in [6.07, 6.45) is 0. The fraction of sp³-hybridized carbons (Fsp3) is 0.182. The summed E-state index contributed by atoms with van der Waals surface area (Å²) in [7, 11) is 0. The van der Waals surface area contributed by atoms with Gasteiger partial charge in [-0.05, 0) is 19.9 Å². The number of thiazole rings is 1. The first-order valence-electron chi connectivity index (χ1n) is 4.18. The van der Waals surface area contributed by atoms with Gasteiger partial charge in [-0.15, -0.1) is 11.3 Å². The van der Waals surface area contributed by atoms with Crippen LogP contribution in [0.1, 0.15) is 10.6 Å². The fourth-order valence-electron chi connectivity index (χ4n) is 1.13. The lowest BCUT2D eigenvalue weighted by molar-refractivity contribution is 1.23. The third-order valence-electron chi connectivity index (χ3n) is 1.99. The van der Waals surface area contributed by atoms with Crippen molar-refractivity contribution in [3.8, 4) is 10.6 Å². The second kappa shape index (κ2) is 3.30. The van der Waals surface area contributed by atoms with E-state index in [0.717, 1.165) is 10.7 Å². The summed E-state index contributed by atoms with van der Waals surface area (Å²) in [5, 5.41) is 1.10. The van der Waals surface area contributed by atoms with E-state index >= 15 is 0 Å². The smallest absolute Gasteiger partial charge is 0.123 e. The monoisotopic (exact) mass is 188 g/mol. The lowest BCUT2D eigenvalue weighted by Crippen LogP contribution is -1.75. The van der Waals surface area contributed by atoms with E-state index in [1.165, 1.54) is 10.4 Å². The first-order valence-corrected chi connectivity index (χ1v) is 4.99. The molecule has 2 aromatic rings. The van der Waals surface area contributed by atoms with Crippen molar-refractivity contribution in [3.63, 3.8) is 0 Å². The van der Waals surface area contributed by atoms with Gasteiger partial charge in [-0.1, -0.05) is 24.3 Å². The minimum atomic E-state index is 1.10. The van der Waals surface area contributed by atoms with Crippen molar-refractivity contribution >= 4 is 11.3 Å². The summed E-state index contributed by atoms with van der Waals surface area (Å²) in [4.78, 5) is 5.78. The summed E-state index contributed by atoms with van der Waals surface area (Å²) in [6.45, 7) is 4.15. The first-order chi connectivity index (χ1) is 6.27. The number of aryl methyl sites for hydroxylation is 2. The van der Waals surface area contributed by atoms with Crippen LogP contribution in [0, 0.1) is 19.9 Å². The van der Waals surface area contributed by atoms with E-state index in [-0.39, 0.29) is 0 Å². The maximum atomic E-state index is 4.49. The third-order valence-corrected chi connectivity index (χ3v) is 3.12. The molecule has 1 nitrogen and oxygen atoms in total. The molecule has 0 amide bonds. The molecule has 0 aliphatic rings. The molecular weight excluding hydrogens is 178 g/mol. The Balaban J connectivity index is 2.48. The number of benzene rings is 1. The van der Waals surface area contributed by atoms with Crippen LogP contribution in [-0.4, -0.2) is 4.98 Å². The maximum Gasteiger partial charge on any atom is 0.123 e. The number of aromatic nitrogens is 1. The largest absolute Gasteiger partial charge is 0.241 e. The Labute approximate surface area is 82.1 Å². The zero-order valence-electron chi connectivity index (χ0n) is 7.66. The van der Waals surface area contributed by atoms with Gasteiger partial charge in [0.1, 0.15) is 5.01 Å². The zero-order valence-corrected chi connectivity index (χ0v) is 8.48. The highest BCUT2D eigenvalue weighted by atomic mass is 32.1. The van der Waals surface area contributed by atoms with E-state index in [4.69, 9.17) is 0 Å². The lowest BCUT2D eigenvalue weighted by atomic mass is 10.2. The van der Waals surface area contributed by atoms with Gasteiger partial charge in [0.05, 0.1) is 5.69 Å². The van der Waals surface area contributed by atoms with Crippen molar-refractivity contribution in [1.29, 1.82) is 0 Å². The highest BCUT2D eigenvalue weighted by Crippen LogP contribution is 2.26. The molecule has 1 radical (unpaired) electrons. The Morgan fingerprint density at radius 2 is 1.92 bits per heavy atom. The summed E-state index contributed by atoms with van der Waals surface area (Å²) in [6, 6.07) is 10.9. The molecule has 1 aromatic heterocycles. The molecule has 0 unspecified atom stereocenters. The Bertz CT molecular complexity index is 384. The van der Waals surface area contributed by atoms with Crippen molar-refractivity contribution in [2.45, 2.75) is 13.8 Å². The lowest BCUT2D eigenvalue weighted by Gasteiger charge is -1.92. The molecule has 0 spiro atoms. The van der Waals surface area contributed by atoms with E-state index in [1.54, 1.807) is 11.3 Å². The van der Waals surface area contributed by atoms with Crippen molar-refractivity contribution in [3.05, 3.63) is 40.9 Å². The Morgan fingerprint density at radius 1 is 1.23 bits per heavy atom. The van der Waals surface area contributed by atoms with Gasteiger partial charge in [-0.25, -0.2) is 4.98 Å². The van der Waals surface area contributed by atoms with Crippen LogP contribution >= 0.6 is 11.3 Å². The third kappa shape index (κ3) is 1.63. The van der Waals surface area contributed by atoms with Gasteiger partial charge in [-0.3, -0.25) is 0 Å². The maximum absolute atomic E-state index is 4.49. The number of hydrogen-bond acceptors (Lipinski definition) is 2. The van der Waals surface area contributed by atoms with Crippen LogP contribution in [0.25, 0.3) is 10.6 Å². The normalized spacial score (nSPS) is 10.3. The van der Waals surface area contributed by atoms with Crippen LogP contribution in [0.5, 0.6) is 0 Å². The van der Waals surface area contributed by atoms with Gasteiger partial charge < -0.3 is 0 Å². The van der Waals surface area contributed by atoms with Gasteiger partial charge in [0.25, 0.3) is 0 Å². The predicted octanol–water partition coefficient (Wildman–Crippen LogP) is 3.23. The van der Waals surface area contributed by atoms with Crippen LogP contribution in [-0.2, 0) is 0 Å². The van der Waals surface area contributed by atoms with E-state index in [9.17, 15) is 0 Å². The van der Waals surface area contributed by atoms with Gasteiger partial charge >= 0.3 is 0 Å². The second-order valence-corrected chi connectivity index (χ2v) is 4.15. The van der Waals surface area contributed by atoms with Crippen molar-refractivity contribution < 1.29 is 0 Å². The Hall–Kier alpha value is -1.15. The van der Waals surface area contributed by atoms with Crippen LogP contribution < -0.4 is 0 Å². The van der Waals surface area contributed by atoms with Crippen LogP contribution in [0.15, 0.2) is 24.3 Å². The molecule has 0 aliphatic carbocycles. The molecule has 0 atom stereocenters. The van der Waals surface area contributed by atoms with Gasteiger partial charge in [0, 0.05) is 10.4 Å². The molecular formula is C11H10NS. The Kier molecular flexibility index (Phi) is 2.15. The average molecular weight is 188 g/mol. The van der Waals surface area contributed by atoms with E-state index < -0.39 is 0 Å². The van der Waals surface area contributed by atoms with Gasteiger partial charge in [-0.2, -0.15) is 0 Å². The van der Waals surface area contributed by atoms with Crippen molar-refractivity contribution in [2.75, 3.05) is 0 Å². The molecule has 0 aliphatic heterocycles. The van der Waals surface area contributed by atoms with Crippen LogP contribution in [0.3, 0.4) is 0 Å². The highest BCUT2D eigenvalue weighted by Gasteiger charge is 2.04. The predicted molar refractivity (Wildman–Crippen MR) is 55.9 cm³/mol. The summed E-state index contributed by atoms with van der Waals surface area (Å²) < 4.78 is 0. The fourth-order valence-corrected chi connectivity index (χ4v) is 2.05. The molecule has 0 saturated heterocycles. The molecule has 0 bridgehead atoms. The minimum Gasteiger partial charge on any atom is -0.241 e. The summed E-state index contributed by atoms with van der Waals surface area (Å²) in [5.74, 6) is 0. The van der Waals surface area contributed by atoms with Crippen LogP contribution in [0.2, 0.25) is 0 Å². The molecule has 65 valence electrons. The average Bonchev–Trinajstić information content (AvgIpc) is 2.49. The Morgan fingerprint density at radius 3 is 2.46 bits per heavy atom. The SMILES string of the molecule is Cc1nc(-c2cc[c]cc2)sc1C.